The van der Waals surface area contributed by atoms with Crippen molar-refractivity contribution in [2.45, 2.75) is 27.2 Å². The molecule has 0 fully saturated rings. The van der Waals surface area contributed by atoms with E-state index in [1.165, 1.54) is 4.88 Å². The van der Waals surface area contributed by atoms with Crippen molar-refractivity contribution >= 4 is 27.3 Å². The molecule has 11 heavy (non-hydrogen) atoms. The van der Waals surface area contributed by atoms with E-state index < -0.39 is 0 Å². The van der Waals surface area contributed by atoms with Crippen LogP contribution in [0.2, 0.25) is 0 Å². The summed E-state index contributed by atoms with van der Waals surface area (Å²) in [4.78, 5) is 5.49. The molecule has 0 spiro atoms. The molecule has 1 aromatic rings. The highest BCUT2D eigenvalue weighted by Crippen LogP contribution is 2.26. The number of rotatable bonds is 1. The smallest absolute Gasteiger partial charge is 0.159 e. The Balaban J connectivity index is 2.65. The largest absolute Gasteiger partial charge is 0.237 e. The van der Waals surface area contributed by atoms with Crippen LogP contribution in [0.4, 0.5) is 0 Å². The third-order valence-corrected chi connectivity index (χ3v) is 2.71. The van der Waals surface area contributed by atoms with Gasteiger partial charge in [-0.25, -0.2) is 4.98 Å². The number of hydrogen-bond acceptors (Lipinski definition) is 2. The first-order valence-corrected chi connectivity index (χ1v) is 5.18. The zero-order chi connectivity index (χ0) is 8.48. The predicted molar refractivity (Wildman–Crippen MR) is 53.0 cm³/mol. The molecule has 62 valence electrons. The van der Waals surface area contributed by atoms with Gasteiger partial charge in [-0.1, -0.05) is 20.8 Å². The molecule has 0 radical (unpaired) electrons. The number of hydrogen-bond donors (Lipinski definition) is 0. The summed E-state index contributed by atoms with van der Waals surface area (Å²) >= 11 is 5.07. The minimum Gasteiger partial charge on any atom is -0.237 e. The van der Waals surface area contributed by atoms with Crippen molar-refractivity contribution < 1.29 is 0 Å². The van der Waals surface area contributed by atoms with E-state index in [4.69, 9.17) is 0 Å². The molecule has 0 saturated carbocycles. The minimum atomic E-state index is 0.367. The van der Waals surface area contributed by atoms with Gasteiger partial charge in [0.25, 0.3) is 0 Å². The van der Waals surface area contributed by atoms with E-state index in [0.717, 1.165) is 10.3 Å². The lowest BCUT2D eigenvalue weighted by Crippen LogP contribution is -2.07. The lowest BCUT2D eigenvalue weighted by atomic mass is 9.92. The van der Waals surface area contributed by atoms with Crippen LogP contribution in [0.3, 0.4) is 0 Å². The monoisotopic (exact) mass is 233 g/mol. The van der Waals surface area contributed by atoms with Crippen LogP contribution in [0.25, 0.3) is 0 Å². The molecule has 0 bridgehead atoms. The molecule has 0 aliphatic carbocycles. The third-order valence-electron chi connectivity index (χ3n) is 1.23. The van der Waals surface area contributed by atoms with E-state index in [0.29, 0.717) is 5.41 Å². The number of halogens is 1. The van der Waals surface area contributed by atoms with Crippen molar-refractivity contribution in [1.29, 1.82) is 0 Å². The second-order valence-corrected chi connectivity index (χ2v) is 6.21. The first kappa shape index (κ1) is 9.20. The van der Waals surface area contributed by atoms with E-state index in [1.807, 2.05) is 6.20 Å². The van der Waals surface area contributed by atoms with Crippen LogP contribution < -0.4 is 0 Å². The number of thiazole rings is 1. The average Bonchev–Trinajstić information content (AvgIpc) is 2.10. The number of aromatic nitrogens is 1. The fraction of sp³-hybridized carbons (Fsp3) is 0.625. The molecular weight excluding hydrogens is 222 g/mol. The topological polar surface area (TPSA) is 12.9 Å². The highest BCUT2D eigenvalue weighted by atomic mass is 79.9. The SMILES string of the molecule is CC(C)(C)Cc1cnc(Br)s1. The molecule has 0 saturated heterocycles. The lowest BCUT2D eigenvalue weighted by molar-refractivity contribution is 0.414. The first-order valence-electron chi connectivity index (χ1n) is 3.57. The molecule has 1 aromatic heterocycles. The van der Waals surface area contributed by atoms with Gasteiger partial charge in [0.15, 0.2) is 3.92 Å². The van der Waals surface area contributed by atoms with E-state index >= 15 is 0 Å². The summed E-state index contributed by atoms with van der Waals surface area (Å²) in [6.45, 7) is 6.71. The molecule has 0 amide bonds. The Kier molecular flexibility index (Phi) is 2.70. The third kappa shape index (κ3) is 3.34. The van der Waals surface area contributed by atoms with Gasteiger partial charge in [-0.05, 0) is 27.8 Å². The Labute approximate surface area is 80.0 Å². The first-order chi connectivity index (χ1) is 4.97. The highest BCUT2D eigenvalue weighted by Gasteiger charge is 2.12. The quantitative estimate of drug-likeness (QED) is 0.724. The Hall–Kier alpha value is 0.110. The molecule has 1 rings (SSSR count). The maximum Gasteiger partial charge on any atom is 0.159 e. The Morgan fingerprint density at radius 2 is 2.18 bits per heavy atom. The normalized spacial score (nSPS) is 12.0. The van der Waals surface area contributed by atoms with Gasteiger partial charge in [0, 0.05) is 11.1 Å². The standard InChI is InChI=1S/C8H12BrNS/c1-8(2,3)4-6-5-10-7(9)11-6/h5H,4H2,1-3H3. The van der Waals surface area contributed by atoms with Crippen LogP contribution in [-0.4, -0.2) is 4.98 Å². The van der Waals surface area contributed by atoms with Crippen molar-refractivity contribution in [1.82, 2.24) is 4.98 Å². The second kappa shape index (κ2) is 3.23. The van der Waals surface area contributed by atoms with Crippen LogP contribution in [0.1, 0.15) is 25.6 Å². The maximum absolute atomic E-state index is 4.14. The van der Waals surface area contributed by atoms with Gasteiger partial charge < -0.3 is 0 Å². The van der Waals surface area contributed by atoms with Crippen molar-refractivity contribution in [2.24, 2.45) is 5.41 Å². The van der Waals surface area contributed by atoms with Crippen LogP contribution in [0.5, 0.6) is 0 Å². The maximum atomic E-state index is 4.14. The molecule has 1 nitrogen and oxygen atoms in total. The summed E-state index contributed by atoms with van der Waals surface area (Å²) in [5.74, 6) is 0. The molecule has 0 aliphatic heterocycles. The van der Waals surface area contributed by atoms with Crippen LogP contribution in [0.15, 0.2) is 10.1 Å². The summed E-state index contributed by atoms with van der Waals surface area (Å²) < 4.78 is 0.983. The Morgan fingerprint density at radius 3 is 2.55 bits per heavy atom. The Morgan fingerprint density at radius 1 is 1.55 bits per heavy atom. The second-order valence-electron chi connectivity index (χ2n) is 3.82. The molecule has 0 N–H and O–H groups in total. The lowest BCUT2D eigenvalue weighted by Gasteiger charge is -2.15. The van der Waals surface area contributed by atoms with Gasteiger partial charge in [-0.15, -0.1) is 11.3 Å². The predicted octanol–water partition coefficient (Wildman–Crippen LogP) is 3.49. The van der Waals surface area contributed by atoms with Crippen molar-refractivity contribution in [3.05, 3.63) is 15.0 Å². The van der Waals surface area contributed by atoms with Gasteiger partial charge in [-0.3, -0.25) is 0 Å². The van der Waals surface area contributed by atoms with Gasteiger partial charge in [-0.2, -0.15) is 0 Å². The number of nitrogens with zero attached hydrogens (tertiary/aromatic N) is 1. The van der Waals surface area contributed by atoms with Gasteiger partial charge in [0.2, 0.25) is 0 Å². The van der Waals surface area contributed by atoms with Gasteiger partial charge >= 0.3 is 0 Å². The summed E-state index contributed by atoms with van der Waals surface area (Å²) in [7, 11) is 0. The van der Waals surface area contributed by atoms with Crippen molar-refractivity contribution in [3.63, 3.8) is 0 Å². The van der Waals surface area contributed by atoms with Gasteiger partial charge in [0.05, 0.1) is 0 Å². The zero-order valence-corrected chi connectivity index (χ0v) is 9.42. The molecule has 0 atom stereocenters. The van der Waals surface area contributed by atoms with Crippen LogP contribution in [0, 0.1) is 5.41 Å². The van der Waals surface area contributed by atoms with Crippen molar-refractivity contribution in [3.8, 4) is 0 Å². The summed E-state index contributed by atoms with van der Waals surface area (Å²) in [6, 6.07) is 0. The molecule has 0 aromatic carbocycles. The summed E-state index contributed by atoms with van der Waals surface area (Å²) in [5, 5.41) is 0. The highest BCUT2D eigenvalue weighted by molar-refractivity contribution is 9.11. The van der Waals surface area contributed by atoms with Crippen LogP contribution in [-0.2, 0) is 6.42 Å². The molecule has 3 heteroatoms. The molecule has 0 unspecified atom stereocenters. The molecular formula is C8H12BrNS. The van der Waals surface area contributed by atoms with Crippen LogP contribution >= 0.6 is 27.3 Å². The van der Waals surface area contributed by atoms with Gasteiger partial charge in [0.1, 0.15) is 0 Å². The van der Waals surface area contributed by atoms with E-state index in [-0.39, 0.29) is 0 Å². The van der Waals surface area contributed by atoms with Crippen molar-refractivity contribution in [2.75, 3.05) is 0 Å². The van der Waals surface area contributed by atoms with E-state index in [9.17, 15) is 0 Å². The Bertz CT molecular complexity index is 236. The molecule has 0 aliphatic rings. The summed E-state index contributed by atoms with van der Waals surface area (Å²) in [5.41, 5.74) is 0.367. The van der Waals surface area contributed by atoms with E-state index in [1.54, 1.807) is 11.3 Å². The fourth-order valence-electron chi connectivity index (χ4n) is 0.888. The zero-order valence-electron chi connectivity index (χ0n) is 7.02. The fourth-order valence-corrected chi connectivity index (χ4v) is 2.55. The molecule has 1 heterocycles. The minimum absolute atomic E-state index is 0.367. The van der Waals surface area contributed by atoms with E-state index in [2.05, 4.69) is 41.7 Å². The average molecular weight is 234 g/mol. The summed E-state index contributed by atoms with van der Waals surface area (Å²) in [6.07, 6.45) is 3.05.